The molecule has 1 fully saturated rings. The van der Waals surface area contributed by atoms with E-state index < -0.39 is 11.6 Å². The fourth-order valence-electron chi connectivity index (χ4n) is 3.18. The lowest BCUT2D eigenvalue weighted by Gasteiger charge is -2.30. The monoisotopic (exact) mass is 334 g/mol. The first-order chi connectivity index (χ1) is 11.5. The highest BCUT2D eigenvalue weighted by Crippen LogP contribution is 2.29. The number of primary amides is 1. The molecule has 0 unspecified atom stereocenters. The summed E-state index contributed by atoms with van der Waals surface area (Å²) < 4.78 is 33.2. The minimum absolute atomic E-state index is 0.135. The second-order valence-corrected chi connectivity index (χ2v) is 6.25. The molecule has 4 nitrogen and oxygen atoms in total. The van der Waals surface area contributed by atoms with Gasteiger partial charge >= 0.3 is 0 Å². The molecule has 1 aromatic carbocycles. The van der Waals surface area contributed by atoms with Crippen molar-refractivity contribution in [3.05, 3.63) is 47.7 Å². The Morgan fingerprint density at radius 1 is 1.17 bits per heavy atom. The maximum atomic E-state index is 13.8. The van der Waals surface area contributed by atoms with Gasteiger partial charge in [0, 0.05) is 6.42 Å². The number of hydrogen-bond acceptors (Lipinski definition) is 3. The van der Waals surface area contributed by atoms with Gasteiger partial charge in [0.05, 0.1) is 12.1 Å². The number of piperidine rings is 1. The number of amides is 1. The Bertz CT molecular complexity index is 701. The number of halogens is 2. The van der Waals surface area contributed by atoms with Gasteiger partial charge in [-0.2, -0.15) is 0 Å². The molecular weight excluding hydrogens is 314 g/mol. The van der Waals surface area contributed by atoms with Crippen molar-refractivity contribution in [3.63, 3.8) is 0 Å². The molecule has 1 aromatic heterocycles. The topological polar surface area (TPSA) is 59.5 Å². The molecule has 1 aliphatic heterocycles. The molecule has 24 heavy (non-hydrogen) atoms. The average molecular weight is 334 g/mol. The summed E-state index contributed by atoms with van der Waals surface area (Å²) in [6, 6.07) is 7.09. The van der Waals surface area contributed by atoms with E-state index in [0.717, 1.165) is 25.9 Å². The molecule has 128 valence electrons. The van der Waals surface area contributed by atoms with E-state index in [1.54, 1.807) is 12.1 Å². The van der Waals surface area contributed by atoms with E-state index in [1.165, 1.54) is 18.2 Å². The van der Waals surface area contributed by atoms with Crippen LogP contribution in [0, 0.1) is 17.6 Å². The van der Waals surface area contributed by atoms with Crippen LogP contribution >= 0.6 is 0 Å². The van der Waals surface area contributed by atoms with Crippen molar-refractivity contribution < 1.29 is 18.0 Å². The van der Waals surface area contributed by atoms with Crippen LogP contribution in [0.3, 0.4) is 0 Å². The van der Waals surface area contributed by atoms with Crippen molar-refractivity contribution in [1.82, 2.24) is 4.90 Å². The van der Waals surface area contributed by atoms with E-state index in [9.17, 15) is 13.6 Å². The molecule has 2 N–H and O–H groups in total. The van der Waals surface area contributed by atoms with Crippen LogP contribution < -0.4 is 5.73 Å². The van der Waals surface area contributed by atoms with Crippen molar-refractivity contribution in [2.45, 2.75) is 25.8 Å². The highest BCUT2D eigenvalue weighted by Gasteiger charge is 2.22. The lowest BCUT2D eigenvalue weighted by atomic mass is 9.93. The molecule has 2 heterocycles. The van der Waals surface area contributed by atoms with Gasteiger partial charge in [0.25, 0.3) is 0 Å². The van der Waals surface area contributed by atoms with Crippen molar-refractivity contribution >= 4 is 5.91 Å². The van der Waals surface area contributed by atoms with E-state index in [4.69, 9.17) is 10.2 Å². The van der Waals surface area contributed by atoms with Crippen LogP contribution in [-0.2, 0) is 11.3 Å². The summed E-state index contributed by atoms with van der Waals surface area (Å²) >= 11 is 0. The van der Waals surface area contributed by atoms with Crippen molar-refractivity contribution in [3.8, 4) is 11.3 Å². The van der Waals surface area contributed by atoms with E-state index in [1.807, 2.05) is 0 Å². The second-order valence-electron chi connectivity index (χ2n) is 6.25. The van der Waals surface area contributed by atoms with E-state index in [0.29, 0.717) is 24.6 Å². The largest absolute Gasteiger partial charge is 0.460 e. The van der Waals surface area contributed by atoms with Crippen LogP contribution in [0.4, 0.5) is 8.78 Å². The maximum absolute atomic E-state index is 13.8. The van der Waals surface area contributed by atoms with Crippen molar-refractivity contribution in [2.75, 3.05) is 13.1 Å². The van der Waals surface area contributed by atoms with Crippen LogP contribution in [0.15, 0.2) is 34.7 Å². The molecule has 3 rings (SSSR count). The molecule has 0 bridgehead atoms. The highest BCUT2D eigenvalue weighted by atomic mass is 19.1. The lowest BCUT2D eigenvalue weighted by Crippen LogP contribution is -2.34. The summed E-state index contributed by atoms with van der Waals surface area (Å²) in [7, 11) is 0. The number of nitrogens with zero attached hydrogens (tertiary/aromatic N) is 1. The Kier molecular flexibility index (Phi) is 4.94. The summed E-state index contributed by atoms with van der Waals surface area (Å²) in [4.78, 5) is 13.2. The minimum Gasteiger partial charge on any atom is -0.460 e. The Labute approximate surface area is 139 Å². The van der Waals surface area contributed by atoms with Gasteiger partial charge in [-0.15, -0.1) is 0 Å². The Morgan fingerprint density at radius 2 is 1.83 bits per heavy atom. The van der Waals surface area contributed by atoms with Gasteiger partial charge < -0.3 is 10.2 Å². The Balaban J connectivity index is 1.62. The summed E-state index contributed by atoms with van der Waals surface area (Å²) in [5, 5.41) is 0. The zero-order chi connectivity index (χ0) is 17.1. The molecule has 1 saturated heterocycles. The molecule has 1 aliphatic rings. The zero-order valence-corrected chi connectivity index (χ0v) is 13.3. The average Bonchev–Trinajstić information content (AvgIpc) is 2.97. The van der Waals surface area contributed by atoms with Crippen molar-refractivity contribution in [2.24, 2.45) is 11.7 Å². The van der Waals surface area contributed by atoms with Crippen LogP contribution in [0.5, 0.6) is 0 Å². The number of hydrogen-bond donors (Lipinski definition) is 1. The molecule has 0 aliphatic carbocycles. The third-order valence-corrected chi connectivity index (χ3v) is 4.45. The molecule has 0 atom stereocenters. The number of furan rings is 1. The van der Waals surface area contributed by atoms with Gasteiger partial charge in [0.2, 0.25) is 5.91 Å². The SMILES string of the molecule is NC(=O)CC1CCN(Cc2ccc(-c3c(F)cccc3F)o2)CC1. The molecule has 6 heteroatoms. The summed E-state index contributed by atoms with van der Waals surface area (Å²) in [5.41, 5.74) is 5.10. The van der Waals surface area contributed by atoms with E-state index in [2.05, 4.69) is 4.90 Å². The van der Waals surface area contributed by atoms with Crippen LogP contribution in [0.2, 0.25) is 0 Å². The van der Waals surface area contributed by atoms with Gasteiger partial charge in [0.1, 0.15) is 23.2 Å². The highest BCUT2D eigenvalue weighted by molar-refractivity contribution is 5.74. The fourth-order valence-corrected chi connectivity index (χ4v) is 3.18. The third kappa shape index (κ3) is 3.82. The normalized spacial score (nSPS) is 16.4. The van der Waals surface area contributed by atoms with Gasteiger partial charge in [-0.3, -0.25) is 9.69 Å². The molecule has 2 aromatic rings. The van der Waals surface area contributed by atoms with Crippen LogP contribution in [0.25, 0.3) is 11.3 Å². The zero-order valence-electron chi connectivity index (χ0n) is 13.3. The number of rotatable bonds is 5. The summed E-state index contributed by atoms with van der Waals surface area (Å²) in [5.74, 6) is -0.314. The number of nitrogens with two attached hydrogens (primary N) is 1. The molecular formula is C18H20F2N2O2. The first-order valence-electron chi connectivity index (χ1n) is 8.06. The number of benzene rings is 1. The van der Waals surface area contributed by atoms with Crippen molar-refractivity contribution in [1.29, 1.82) is 0 Å². The standard InChI is InChI=1S/C18H20F2N2O2/c19-14-2-1-3-15(20)18(14)16-5-4-13(24-16)11-22-8-6-12(7-9-22)10-17(21)23/h1-5,12H,6-11H2,(H2,21,23). The summed E-state index contributed by atoms with van der Waals surface area (Å²) in [6.45, 7) is 2.28. The molecule has 0 radical (unpaired) electrons. The maximum Gasteiger partial charge on any atom is 0.217 e. The summed E-state index contributed by atoms with van der Waals surface area (Å²) in [6.07, 6.45) is 2.27. The van der Waals surface area contributed by atoms with E-state index >= 15 is 0 Å². The fraction of sp³-hybridized carbons (Fsp3) is 0.389. The third-order valence-electron chi connectivity index (χ3n) is 4.45. The first kappa shape index (κ1) is 16.6. The van der Waals surface area contributed by atoms with Gasteiger partial charge in [-0.1, -0.05) is 6.07 Å². The Hall–Kier alpha value is -2.21. The predicted molar refractivity (Wildman–Crippen MR) is 85.9 cm³/mol. The van der Waals surface area contributed by atoms with Crippen LogP contribution in [-0.4, -0.2) is 23.9 Å². The van der Waals surface area contributed by atoms with Gasteiger partial charge in [-0.05, 0) is 56.1 Å². The van der Waals surface area contributed by atoms with Gasteiger partial charge in [0.15, 0.2) is 0 Å². The minimum atomic E-state index is -0.636. The quantitative estimate of drug-likeness (QED) is 0.912. The number of likely N-dealkylation sites (tertiary alicyclic amines) is 1. The van der Waals surface area contributed by atoms with E-state index in [-0.39, 0.29) is 17.2 Å². The lowest BCUT2D eigenvalue weighted by molar-refractivity contribution is -0.119. The molecule has 0 spiro atoms. The number of carbonyl (C=O) groups excluding carboxylic acids is 1. The molecule has 1 amide bonds. The van der Waals surface area contributed by atoms with Crippen LogP contribution in [0.1, 0.15) is 25.0 Å². The second kappa shape index (κ2) is 7.13. The predicted octanol–water partition coefficient (Wildman–Crippen LogP) is 3.31. The first-order valence-corrected chi connectivity index (χ1v) is 8.06. The number of carbonyl (C=O) groups is 1. The molecule has 0 saturated carbocycles. The Morgan fingerprint density at radius 3 is 2.46 bits per heavy atom. The van der Waals surface area contributed by atoms with Gasteiger partial charge in [-0.25, -0.2) is 8.78 Å². The smallest absolute Gasteiger partial charge is 0.217 e.